The lowest BCUT2D eigenvalue weighted by Crippen LogP contribution is -2.24. The Morgan fingerprint density at radius 2 is 2.11 bits per heavy atom. The fraction of sp³-hybridized carbons (Fsp3) is 0.133. The van der Waals surface area contributed by atoms with Gasteiger partial charge >= 0.3 is 0 Å². The summed E-state index contributed by atoms with van der Waals surface area (Å²) in [6.07, 6.45) is 0.0959. The molecule has 1 atom stereocenters. The zero-order valence-electron chi connectivity index (χ0n) is 10.5. The van der Waals surface area contributed by atoms with E-state index in [2.05, 4.69) is 62.9 Å². The highest BCUT2D eigenvalue weighted by molar-refractivity contribution is 7.10. The number of rotatable bonds is 1. The highest BCUT2D eigenvalue weighted by Gasteiger charge is 2.26. The molecule has 0 saturated heterocycles. The van der Waals surface area contributed by atoms with Crippen molar-refractivity contribution in [2.45, 2.75) is 13.1 Å². The number of aromatic nitrogens is 2. The smallest absolute Gasteiger partial charge is 0.156 e. The predicted octanol–water partition coefficient (Wildman–Crippen LogP) is 3.89. The number of nitrogens with zero attached hydrogens (tertiary/aromatic N) is 2. The molecule has 0 amide bonds. The number of aryl methyl sites for hydroxylation is 1. The fourth-order valence-electron chi connectivity index (χ4n) is 2.59. The van der Waals surface area contributed by atoms with Gasteiger partial charge in [0.15, 0.2) is 6.17 Å². The standard InChI is InChI=1S/C15H13N3S/c1-10-9-13-11-5-2-3-6-12(11)16-15(18(13)17-10)14-7-4-8-19-14/h2-9,15-16H,1H3. The molecule has 0 radical (unpaired) electrons. The molecular formula is C15H13N3S. The van der Waals surface area contributed by atoms with Crippen LogP contribution in [0.25, 0.3) is 11.3 Å². The second kappa shape index (κ2) is 3.96. The lowest BCUT2D eigenvalue weighted by Gasteiger charge is -2.28. The number of anilines is 1. The van der Waals surface area contributed by atoms with Gasteiger partial charge in [-0.3, -0.25) is 0 Å². The molecule has 94 valence electrons. The SMILES string of the molecule is Cc1cc2n(n1)C(c1cccs1)Nc1ccccc1-2. The third-order valence-electron chi connectivity index (χ3n) is 3.41. The third-order valence-corrected chi connectivity index (χ3v) is 4.34. The second-order valence-electron chi connectivity index (χ2n) is 4.72. The lowest BCUT2D eigenvalue weighted by molar-refractivity contribution is 0.579. The van der Waals surface area contributed by atoms with Gasteiger partial charge in [-0.1, -0.05) is 24.3 Å². The van der Waals surface area contributed by atoms with Crippen molar-refractivity contribution in [3.8, 4) is 11.3 Å². The normalized spacial score (nSPS) is 16.6. The van der Waals surface area contributed by atoms with Crippen molar-refractivity contribution in [1.82, 2.24) is 9.78 Å². The zero-order valence-corrected chi connectivity index (χ0v) is 11.3. The van der Waals surface area contributed by atoms with E-state index in [0.717, 1.165) is 5.69 Å². The Labute approximate surface area is 115 Å². The van der Waals surface area contributed by atoms with E-state index in [4.69, 9.17) is 0 Å². The summed E-state index contributed by atoms with van der Waals surface area (Å²) in [5.41, 5.74) is 4.63. The molecule has 3 nitrogen and oxygen atoms in total. The fourth-order valence-corrected chi connectivity index (χ4v) is 3.35. The van der Waals surface area contributed by atoms with E-state index >= 15 is 0 Å². The summed E-state index contributed by atoms with van der Waals surface area (Å²) < 4.78 is 2.09. The quantitative estimate of drug-likeness (QED) is 0.725. The van der Waals surface area contributed by atoms with Gasteiger partial charge in [-0.05, 0) is 30.5 Å². The van der Waals surface area contributed by atoms with E-state index in [1.54, 1.807) is 11.3 Å². The number of benzene rings is 1. The van der Waals surface area contributed by atoms with E-state index in [9.17, 15) is 0 Å². The molecule has 0 fully saturated rings. The Morgan fingerprint density at radius 3 is 2.95 bits per heavy atom. The van der Waals surface area contributed by atoms with Crippen molar-refractivity contribution in [2.24, 2.45) is 0 Å². The molecule has 1 N–H and O–H groups in total. The second-order valence-corrected chi connectivity index (χ2v) is 5.70. The average molecular weight is 267 g/mol. The van der Waals surface area contributed by atoms with Gasteiger partial charge in [0.1, 0.15) is 0 Å². The maximum absolute atomic E-state index is 4.65. The molecule has 0 aliphatic carbocycles. The first-order chi connectivity index (χ1) is 9.33. The number of hydrogen-bond donors (Lipinski definition) is 1. The number of hydrogen-bond acceptors (Lipinski definition) is 3. The van der Waals surface area contributed by atoms with Gasteiger partial charge in [-0.2, -0.15) is 5.10 Å². The molecule has 1 aliphatic heterocycles. The van der Waals surface area contributed by atoms with Gasteiger partial charge in [0.25, 0.3) is 0 Å². The van der Waals surface area contributed by atoms with Crippen LogP contribution >= 0.6 is 11.3 Å². The van der Waals surface area contributed by atoms with Crippen LogP contribution in [0.1, 0.15) is 16.7 Å². The molecular weight excluding hydrogens is 254 g/mol. The minimum absolute atomic E-state index is 0.0959. The first-order valence-electron chi connectivity index (χ1n) is 6.28. The minimum Gasteiger partial charge on any atom is -0.359 e. The maximum atomic E-state index is 4.65. The summed E-state index contributed by atoms with van der Waals surface area (Å²) in [6, 6.07) is 14.8. The van der Waals surface area contributed by atoms with Crippen LogP contribution in [0, 0.1) is 6.92 Å². The van der Waals surface area contributed by atoms with E-state index in [-0.39, 0.29) is 6.17 Å². The molecule has 0 spiro atoms. The van der Waals surface area contributed by atoms with Gasteiger partial charge in [0.2, 0.25) is 0 Å². The van der Waals surface area contributed by atoms with Crippen LogP contribution < -0.4 is 5.32 Å². The predicted molar refractivity (Wildman–Crippen MR) is 78.5 cm³/mol. The van der Waals surface area contributed by atoms with Crippen molar-refractivity contribution in [1.29, 1.82) is 0 Å². The highest BCUT2D eigenvalue weighted by atomic mass is 32.1. The Kier molecular flexibility index (Phi) is 2.26. The molecule has 1 aromatic carbocycles. The van der Waals surface area contributed by atoms with Crippen LogP contribution in [0.3, 0.4) is 0 Å². The molecule has 0 saturated carbocycles. The van der Waals surface area contributed by atoms with Crippen molar-refractivity contribution in [3.63, 3.8) is 0 Å². The lowest BCUT2D eigenvalue weighted by atomic mass is 10.1. The van der Waals surface area contributed by atoms with Crippen LogP contribution in [0.5, 0.6) is 0 Å². The molecule has 1 unspecified atom stereocenters. The molecule has 4 heteroatoms. The van der Waals surface area contributed by atoms with Crippen molar-refractivity contribution < 1.29 is 0 Å². The average Bonchev–Trinajstić information content (AvgIpc) is 3.06. The third kappa shape index (κ3) is 1.60. The summed E-state index contributed by atoms with van der Waals surface area (Å²) >= 11 is 1.75. The molecule has 0 bridgehead atoms. The van der Waals surface area contributed by atoms with Gasteiger partial charge in [-0.25, -0.2) is 4.68 Å². The van der Waals surface area contributed by atoms with Crippen molar-refractivity contribution >= 4 is 17.0 Å². The van der Waals surface area contributed by atoms with E-state index in [0.29, 0.717) is 0 Å². The number of fused-ring (bicyclic) bond motifs is 3. The Bertz CT molecular complexity index is 728. The Balaban J connectivity index is 1.95. The van der Waals surface area contributed by atoms with E-state index < -0.39 is 0 Å². The molecule has 4 rings (SSSR count). The number of thiophene rings is 1. The molecule has 3 aromatic rings. The van der Waals surface area contributed by atoms with Crippen LogP contribution in [0.4, 0.5) is 5.69 Å². The number of para-hydroxylation sites is 1. The van der Waals surface area contributed by atoms with Gasteiger partial charge in [0, 0.05) is 16.1 Å². The zero-order chi connectivity index (χ0) is 12.8. The molecule has 2 aromatic heterocycles. The Morgan fingerprint density at radius 1 is 1.21 bits per heavy atom. The van der Waals surface area contributed by atoms with Crippen LogP contribution in [-0.4, -0.2) is 9.78 Å². The first-order valence-corrected chi connectivity index (χ1v) is 7.16. The summed E-state index contributed by atoms with van der Waals surface area (Å²) in [4.78, 5) is 1.28. The number of nitrogens with one attached hydrogen (secondary N) is 1. The van der Waals surface area contributed by atoms with Gasteiger partial charge < -0.3 is 5.32 Å². The molecule has 3 heterocycles. The van der Waals surface area contributed by atoms with Gasteiger partial charge in [-0.15, -0.1) is 11.3 Å². The monoisotopic (exact) mass is 267 g/mol. The summed E-state index contributed by atoms with van der Waals surface area (Å²) in [7, 11) is 0. The van der Waals surface area contributed by atoms with Crippen LogP contribution in [0.15, 0.2) is 47.8 Å². The summed E-state index contributed by atoms with van der Waals surface area (Å²) in [5.74, 6) is 0. The maximum Gasteiger partial charge on any atom is 0.156 e. The van der Waals surface area contributed by atoms with E-state index in [1.807, 2.05) is 6.92 Å². The Hall–Kier alpha value is -2.07. The molecule has 1 aliphatic rings. The van der Waals surface area contributed by atoms with E-state index in [1.165, 1.54) is 21.8 Å². The van der Waals surface area contributed by atoms with Crippen molar-refractivity contribution in [3.05, 3.63) is 58.4 Å². The minimum atomic E-state index is 0.0959. The van der Waals surface area contributed by atoms with Crippen LogP contribution in [-0.2, 0) is 0 Å². The largest absolute Gasteiger partial charge is 0.359 e. The topological polar surface area (TPSA) is 29.9 Å². The first kappa shape index (κ1) is 10.8. The molecule has 19 heavy (non-hydrogen) atoms. The summed E-state index contributed by atoms with van der Waals surface area (Å²) in [5, 5.41) is 10.3. The van der Waals surface area contributed by atoms with Crippen LogP contribution in [0.2, 0.25) is 0 Å². The summed E-state index contributed by atoms with van der Waals surface area (Å²) in [6.45, 7) is 2.04. The van der Waals surface area contributed by atoms with Gasteiger partial charge in [0.05, 0.1) is 11.4 Å². The highest BCUT2D eigenvalue weighted by Crippen LogP contribution is 2.39. The van der Waals surface area contributed by atoms with Crippen molar-refractivity contribution in [2.75, 3.05) is 5.32 Å².